The van der Waals surface area contributed by atoms with E-state index in [9.17, 15) is 18.8 Å². The smallest absolute Gasteiger partial charge is 0.248 e. The minimum absolute atomic E-state index is 0.183. The van der Waals surface area contributed by atoms with Crippen LogP contribution in [0.5, 0.6) is 5.75 Å². The molecule has 3 rings (SSSR count). The van der Waals surface area contributed by atoms with E-state index in [0.29, 0.717) is 17.1 Å². The van der Waals surface area contributed by atoms with Crippen molar-refractivity contribution in [1.82, 2.24) is 10.5 Å². The van der Waals surface area contributed by atoms with Crippen LogP contribution in [0.25, 0.3) is 0 Å². The fourth-order valence-corrected chi connectivity index (χ4v) is 3.68. The number of carbonyl (C=O) groups excluding carboxylic acids is 3. The molecule has 0 radical (unpaired) electrons. The summed E-state index contributed by atoms with van der Waals surface area (Å²) in [6, 6.07) is 12.5. The number of aryl methyl sites for hydroxylation is 1. The number of aromatic nitrogens is 1. The van der Waals surface area contributed by atoms with Gasteiger partial charge < -0.3 is 19.9 Å². The maximum absolute atomic E-state index is 14.3. The average Bonchev–Trinajstić information content (AvgIpc) is 3.24. The number of benzene rings is 2. The van der Waals surface area contributed by atoms with Crippen LogP contribution >= 0.6 is 0 Å². The Morgan fingerprint density at radius 3 is 2.35 bits per heavy atom. The highest BCUT2D eigenvalue weighted by atomic mass is 19.1. The fourth-order valence-electron chi connectivity index (χ4n) is 3.68. The van der Waals surface area contributed by atoms with E-state index in [-0.39, 0.29) is 24.3 Å². The molecule has 1 aromatic heterocycles. The fraction of sp³-hybridized carbons (Fsp3) is 0.333. The van der Waals surface area contributed by atoms with Crippen LogP contribution in [0.3, 0.4) is 0 Å². The summed E-state index contributed by atoms with van der Waals surface area (Å²) in [5.74, 6) is -0.699. The Labute approximate surface area is 215 Å². The summed E-state index contributed by atoms with van der Waals surface area (Å²) < 4.78 is 24.4. The van der Waals surface area contributed by atoms with Crippen LogP contribution in [-0.4, -0.2) is 35.5 Å². The van der Waals surface area contributed by atoms with Crippen molar-refractivity contribution in [3.05, 3.63) is 71.7 Å². The van der Waals surface area contributed by atoms with Crippen LogP contribution in [0.2, 0.25) is 0 Å². The predicted molar refractivity (Wildman–Crippen MR) is 137 cm³/mol. The van der Waals surface area contributed by atoms with Gasteiger partial charge in [-0.2, -0.15) is 0 Å². The number of nitrogens with zero attached hydrogens (tertiary/aromatic N) is 2. The minimum Gasteiger partial charge on any atom is -0.497 e. The van der Waals surface area contributed by atoms with Crippen molar-refractivity contribution in [3.63, 3.8) is 0 Å². The van der Waals surface area contributed by atoms with Crippen LogP contribution < -0.4 is 20.3 Å². The summed E-state index contributed by atoms with van der Waals surface area (Å²) in [4.78, 5) is 40.9. The lowest BCUT2D eigenvalue weighted by Crippen LogP contribution is -2.49. The van der Waals surface area contributed by atoms with Gasteiger partial charge >= 0.3 is 0 Å². The third-order valence-electron chi connectivity index (χ3n) is 5.25. The number of carbonyl (C=O) groups is 3. The van der Waals surface area contributed by atoms with Crippen molar-refractivity contribution in [2.24, 2.45) is 0 Å². The largest absolute Gasteiger partial charge is 0.497 e. The molecule has 10 heteroatoms. The highest BCUT2D eigenvalue weighted by Gasteiger charge is 2.34. The molecule has 0 fully saturated rings. The number of rotatable bonds is 9. The Morgan fingerprint density at radius 2 is 1.78 bits per heavy atom. The van der Waals surface area contributed by atoms with E-state index in [0.717, 1.165) is 0 Å². The molecule has 0 saturated heterocycles. The third-order valence-corrected chi connectivity index (χ3v) is 5.25. The molecule has 0 aliphatic rings. The normalized spacial score (nSPS) is 11.9. The first-order valence-corrected chi connectivity index (χ1v) is 11.7. The quantitative estimate of drug-likeness (QED) is 0.437. The SMILES string of the molecule is COc1ccc([C@@H](C(=O)NC(C)(C)C)N(C(=O)CCC(=O)Nc2cc(C)on2)c2cccc(F)c2)cc1. The molecule has 0 unspecified atom stereocenters. The zero-order chi connectivity index (χ0) is 27.2. The molecular weight excluding hydrogens is 479 g/mol. The lowest BCUT2D eigenvalue weighted by atomic mass is 10.00. The highest BCUT2D eigenvalue weighted by molar-refractivity contribution is 6.03. The van der Waals surface area contributed by atoms with Gasteiger partial charge in [0.1, 0.15) is 23.4 Å². The van der Waals surface area contributed by atoms with E-state index in [2.05, 4.69) is 15.8 Å². The molecule has 37 heavy (non-hydrogen) atoms. The third kappa shape index (κ3) is 7.63. The van der Waals surface area contributed by atoms with Crippen molar-refractivity contribution < 1.29 is 28.0 Å². The Morgan fingerprint density at radius 1 is 1.08 bits per heavy atom. The van der Waals surface area contributed by atoms with E-state index >= 15 is 0 Å². The molecule has 0 spiro atoms. The van der Waals surface area contributed by atoms with Gasteiger partial charge in [-0.25, -0.2) is 4.39 Å². The van der Waals surface area contributed by atoms with E-state index in [1.54, 1.807) is 43.3 Å². The molecule has 0 aliphatic carbocycles. The molecule has 0 bridgehead atoms. The van der Waals surface area contributed by atoms with E-state index in [1.807, 2.05) is 20.8 Å². The van der Waals surface area contributed by atoms with Gasteiger partial charge in [-0.15, -0.1) is 0 Å². The highest BCUT2D eigenvalue weighted by Crippen LogP contribution is 2.31. The molecule has 1 atom stereocenters. The van der Waals surface area contributed by atoms with Gasteiger partial charge in [-0.1, -0.05) is 23.4 Å². The zero-order valence-corrected chi connectivity index (χ0v) is 21.5. The van der Waals surface area contributed by atoms with Gasteiger partial charge in [-0.05, 0) is 63.6 Å². The number of hydrogen-bond acceptors (Lipinski definition) is 6. The monoisotopic (exact) mass is 510 g/mol. The number of ether oxygens (including phenoxy) is 1. The van der Waals surface area contributed by atoms with Crippen molar-refractivity contribution in [2.45, 2.75) is 52.1 Å². The van der Waals surface area contributed by atoms with Crippen molar-refractivity contribution in [2.75, 3.05) is 17.3 Å². The molecule has 9 nitrogen and oxygen atoms in total. The number of hydrogen-bond donors (Lipinski definition) is 2. The lowest BCUT2D eigenvalue weighted by Gasteiger charge is -2.34. The number of nitrogens with one attached hydrogen (secondary N) is 2. The van der Waals surface area contributed by atoms with Gasteiger partial charge in [0, 0.05) is 30.1 Å². The second kappa shape index (κ2) is 11.7. The maximum atomic E-state index is 14.3. The second-order valence-corrected chi connectivity index (χ2v) is 9.53. The van der Waals surface area contributed by atoms with Gasteiger partial charge in [0.05, 0.1) is 7.11 Å². The van der Waals surface area contributed by atoms with Gasteiger partial charge in [-0.3, -0.25) is 19.3 Å². The summed E-state index contributed by atoms with van der Waals surface area (Å²) in [5, 5.41) is 9.18. The number of anilines is 2. The van der Waals surface area contributed by atoms with E-state index in [4.69, 9.17) is 9.26 Å². The Kier molecular flexibility index (Phi) is 8.65. The van der Waals surface area contributed by atoms with Crippen LogP contribution in [0.15, 0.2) is 59.1 Å². The average molecular weight is 511 g/mol. The Hall–Kier alpha value is -4.21. The molecule has 2 aromatic carbocycles. The van der Waals surface area contributed by atoms with Crippen molar-refractivity contribution in [1.29, 1.82) is 0 Å². The molecule has 3 aromatic rings. The zero-order valence-electron chi connectivity index (χ0n) is 21.5. The summed E-state index contributed by atoms with van der Waals surface area (Å²) >= 11 is 0. The topological polar surface area (TPSA) is 114 Å². The van der Waals surface area contributed by atoms with Crippen molar-refractivity contribution in [3.8, 4) is 5.75 Å². The van der Waals surface area contributed by atoms with E-state index in [1.165, 1.54) is 30.2 Å². The van der Waals surface area contributed by atoms with Crippen molar-refractivity contribution >= 4 is 29.2 Å². The summed E-state index contributed by atoms with van der Waals surface area (Å²) in [6.45, 7) is 7.14. The standard InChI is InChI=1S/C27H31FN4O5/c1-17-15-22(31-37-17)29-23(33)13-14-24(34)32(20-8-6-7-19(28)16-20)25(26(35)30-27(2,3)4)18-9-11-21(36-5)12-10-18/h6-12,15-16,25H,13-14H2,1-5H3,(H,30,35)(H,29,31,33)/t25-/m0/s1. The van der Waals surface area contributed by atoms with Crippen LogP contribution in [0, 0.1) is 12.7 Å². The number of halogens is 1. The summed E-state index contributed by atoms with van der Waals surface area (Å²) in [5.41, 5.74) is 0.0683. The first-order chi connectivity index (χ1) is 17.5. The van der Waals surface area contributed by atoms with Crippen LogP contribution in [0.1, 0.15) is 51.0 Å². The second-order valence-electron chi connectivity index (χ2n) is 9.53. The molecule has 3 amide bonds. The predicted octanol–water partition coefficient (Wildman–Crippen LogP) is 4.54. The summed E-state index contributed by atoms with van der Waals surface area (Å²) in [7, 11) is 1.52. The van der Waals surface area contributed by atoms with Crippen LogP contribution in [0.4, 0.5) is 15.9 Å². The van der Waals surface area contributed by atoms with Gasteiger partial charge in [0.15, 0.2) is 5.82 Å². The number of methoxy groups -OCH3 is 1. The molecule has 1 heterocycles. The Balaban J connectivity index is 1.96. The molecule has 0 aliphatic heterocycles. The van der Waals surface area contributed by atoms with E-state index < -0.39 is 35.1 Å². The minimum atomic E-state index is -1.14. The summed E-state index contributed by atoms with van der Waals surface area (Å²) in [6.07, 6.45) is -0.429. The number of amides is 3. The van der Waals surface area contributed by atoms with Gasteiger partial charge in [0.2, 0.25) is 17.7 Å². The first kappa shape index (κ1) is 27.4. The van der Waals surface area contributed by atoms with Gasteiger partial charge in [0.25, 0.3) is 0 Å². The molecule has 2 N–H and O–H groups in total. The maximum Gasteiger partial charge on any atom is 0.248 e. The molecule has 196 valence electrons. The first-order valence-electron chi connectivity index (χ1n) is 11.7. The Bertz CT molecular complexity index is 1250. The molecular formula is C27H31FN4O5. The lowest BCUT2D eigenvalue weighted by molar-refractivity contribution is -0.128. The van der Waals surface area contributed by atoms with Crippen LogP contribution in [-0.2, 0) is 14.4 Å². The molecule has 0 saturated carbocycles.